The molecular weight excluding hydrogens is 224 g/mol. The number of likely N-dealkylation sites (tertiary alicyclic amines) is 1. The second kappa shape index (κ2) is 5.15. The lowest BCUT2D eigenvalue weighted by Crippen LogP contribution is -2.41. The fraction of sp³-hybridized carbons (Fsp3) is 0.500. The van der Waals surface area contributed by atoms with Crippen LogP contribution in [0.3, 0.4) is 0 Å². The van der Waals surface area contributed by atoms with Crippen molar-refractivity contribution in [3.63, 3.8) is 0 Å². The fourth-order valence-corrected chi connectivity index (χ4v) is 2.14. The largest absolute Gasteiger partial charge is 0.374 e. The molecule has 0 aromatic heterocycles. The minimum Gasteiger partial charge on any atom is -0.374 e. The molecule has 1 saturated heterocycles. The first-order chi connectivity index (χ1) is 7.66. The normalized spacial score (nSPS) is 20.9. The predicted molar refractivity (Wildman–Crippen MR) is 65.2 cm³/mol. The minimum atomic E-state index is -0.537. The number of rotatable bonds is 2. The Labute approximate surface area is 101 Å². The number of nitrogens with zero attached hydrogens (tertiary/aromatic N) is 1. The van der Waals surface area contributed by atoms with Gasteiger partial charge in [-0.1, -0.05) is 23.7 Å². The quantitative estimate of drug-likeness (QED) is 0.828. The Morgan fingerprint density at radius 2 is 1.81 bits per heavy atom. The highest BCUT2D eigenvalue weighted by atomic mass is 35.5. The van der Waals surface area contributed by atoms with E-state index in [1.807, 2.05) is 17.0 Å². The second-order valence-corrected chi connectivity index (χ2v) is 4.74. The summed E-state index contributed by atoms with van der Waals surface area (Å²) in [6.07, 6.45) is 1.36. The van der Waals surface area contributed by atoms with E-state index >= 15 is 0 Å². The lowest BCUT2D eigenvalue weighted by Gasteiger charge is -2.33. The first-order valence-electron chi connectivity index (χ1n) is 5.60. The number of piperidine rings is 1. The summed E-state index contributed by atoms with van der Waals surface area (Å²) < 4.78 is 0. The standard InChI is InChI=1S/C12H17ClN2O/c13-10-3-1-9(2-4-10)12(16)15-7-5-11(14)6-8-15/h1-4,11-12,16H,5-8,14H2/t12-/m1/s1. The lowest BCUT2D eigenvalue weighted by atomic mass is 10.0. The van der Waals surface area contributed by atoms with E-state index in [2.05, 4.69) is 0 Å². The molecule has 1 aromatic rings. The number of hydrogen-bond donors (Lipinski definition) is 2. The van der Waals surface area contributed by atoms with Crippen molar-refractivity contribution in [2.75, 3.05) is 13.1 Å². The monoisotopic (exact) mass is 240 g/mol. The van der Waals surface area contributed by atoms with Gasteiger partial charge in [-0.05, 0) is 30.5 Å². The predicted octanol–water partition coefficient (Wildman–Crippen LogP) is 1.75. The van der Waals surface area contributed by atoms with Gasteiger partial charge >= 0.3 is 0 Å². The summed E-state index contributed by atoms with van der Waals surface area (Å²) in [5.41, 5.74) is 6.72. The van der Waals surface area contributed by atoms with Gasteiger partial charge in [-0.3, -0.25) is 4.90 Å². The Kier molecular flexibility index (Phi) is 3.82. The third-order valence-electron chi connectivity index (χ3n) is 3.09. The SMILES string of the molecule is NC1CCN([C@H](O)c2ccc(Cl)cc2)CC1. The minimum absolute atomic E-state index is 0.286. The molecule has 88 valence electrons. The molecule has 2 rings (SSSR count). The Morgan fingerprint density at radius 3 is 2.38 bits per heavy atom. The average Bonchev–Trinajstić information content (AvgIpc) is 2.30. The number of hydrogen-bond acceptors (Lipinski definition) is 3. The molecule has 0 unspecified atom stereocenters. The summed E-state index contributed by atoms with van der Waals surface area (Å²) in [4.78, 5) is 2.05. The van der Waals surface area contributed by atoms with Crippen molar-refractivity contribution >= 4 is 11.6 Å². The van der Waals surface area contributed by atoms with Gasteiger partial charge in [0.2, 0.25) is 0 Å². The average molecular weight is 241 g/mol. The van der Waals surface area contributed by atoms with Gasteiger partial charge in [0.05, 0.1) is 0 Å². The van der Waals surface area contributed by atoms with Crippen LogP contribution in [0.2, 0.25) is 5.02 Å². The molecule has 1 aromatic carbocycles. The number of nitrogens with two attached hydrogens (primary N) is 1. The molecule has 0 spiro atoms. The number of halogens is 1. The highest BCUT2D eigenvalue weighted by molar-refractivity contribution is 6.30. The topological polar surface area (TPSA) is 49.5 Å². The van der Waals surface area contributed by atoms with E-state index in [4.69, 9.17) is 17.3 Å². The van der Waals surface area contributed by atoms with Crippen LogP contribution < -0.4 is 5.73 Å². The highest BCUT2D eigenvalue weighted by Crippen LogP contribution is 2.23. The molecule has 1 aliphatic heterocycles. The summed E-state index contributed by atoms with van der Waals surface area (Å²) in [5.74, 6) is 0. The number of aliphatic hydroxyl groups excluding tert-OH is 1. The van der Waals surface area contributed by atoms with Crippen LogP contribution >= 0.6 is 11.6 Å². The van der Waals surface area contributed by atoms with E-state index in [1.54, 1.807) is 12.1 Å². The van der Waals surface area contributed by atoms with Crippen molar-refractivity contribution in [1.29, 1.82) is 0 Å². The summed E-state index contributed by atoms with van der Waals surface area (Å²) in [6.45, 7) is 1.70. The molecule has 0 aliphatic carbocycles. The van der Waals surface area contributed by atoms with Gasteiger partial charge in [-0.15, -0.1) is 0 Å². The third kappa shape index (κ3) is 2.74. The Hall–Kier alpha value is -0.610. The van der Waals surface area contributed by atoms with Crippen molar-refractivity contribution in [2.24, 2.45) is 5.73 Å². The van der Waals surface area contributed by atoms with E-state index in [0.29, 0.717) is 5.02 Å². The van der Waals surface area contributed by atoms with Gasteiger partial charge in [0.25, 0.3) is 0 Å². The molecule has 0 bridgehead atoms. The van der Waals surface area contributed by atoms with Gasteiger partial charge < -0.3 is 10.8 Å². The Balaban J connectivity index is 2.01. The van der Waals surface area contributed by atoms with Crippen LogP contribution in [-0.4, -0.2) is 29.1 Å². The fourth-order valence-electron chi connectivity index (χ4n) is 2.01. The first-order valence-corrected chi connectivity index (χ1v) is 5.98. The molecular formula is C12H17ClN2O. The van der Waals surface area contributed by atoms with Gasteiger partial charge in [0.1, 0.15) is 6.23 Å². The van der Waals surface area contributed by atoms with Crippen molar-refractivity contribution in [3.8, 4) is 0 Å². The maximum atomic E-state index is 10.2. The van der Waals surface area contributed by atoms with Crippen molar-refractivity contribution in [1.82, 2.24) is 4.90 Å². The van der Waals surface area contributed by atoms with E-state index in [9.17, 15) is 5.11 Å². The molecule has 0 amide bonds. The molecule has 3 nitrogen and oxygen atoms in total. The van der Waals surface area contributed by atoms with Crippen LogP contribution in [0, 0.1) is 0 Å². The molecule has 0 saturated carbocycles. The highest BCUT2D eigenvalue weighted by Gasteiger charge is 2.22. The molecule has 3 N–H and O–H groups in total. The summed E-state index contributed by atoms with van der Waals surface area (Å²) in [6, 6.07) is 7.61. The van der Waals surface area contributed by atoms with Crippen molar-refractivity contribution in [2.45, 2.75) is 25.1 Å². The second-order valence-electron chi connectivity index (χ2n) is 4.30. The molecule has 4 heteroatoms. The summed E-state index contributed by atoms with van der Waals surface area (Å²) in [5, 5.41) is 10.9. The van der Waals surface area contributed by atoms with E-state index in [0.717, 1.165) is 31.5 Å². The van der Waals surface area contributed by atoms with Gasteiger partial charge in [-0.25, -0.2) is 0 Å². The zero-order valence-corrected chi connectivity index (χ0v) is 9.90. The maximum Gasteiger partial charge on any atom is 0.133 e. The lowest BCUT2D eigenvalue weighted by molar-refractivity contribution is -0.0126. The Bertz CT molecular complexity index is 333. The van der Waals surface area contributed by atoms with Gasteiger partial charge in [0, 0.05) is 24.2 Å². The number of aliphatic hydroxyl groups is 1. The number of benzene rings is 1. The molecule has 1 aliphatic rings. The van der Waals surface area contributed by atoms with Crippen LogP contribution in [0.4, 0.5) is 0 Å². The van der Waals surface area contributed by atoms with Crippen LogP contribution in [0.1, 0.15) is 24.6 Å². The molecule has 0 radical (unpaired) electrons. The molecule has 16 heavy (non-hydrogen) atoms. The van der Waals surface area contributed by atoms with Gasteiger partial charge in [-0.2, -0.15) is 0 Å². The smallest absolute Gasteiger partial charge is 0.133 e. The van der Waals surface area contributed by atoms with Crippen LogP contribution in [-0.2, 0) is 0 Å². The summed E-state index contributed by atoms with van der Waals surface area (Å²) >= 11 is 5.81. The molecule has 1 fully saturated rings. The van der Waals surface area contributed by atoms with Crippen molar-refractivity contribution in [3.05, 3.63) is 34.9 Å². The van der Waals surface area contributed by atoms with E-state index in [-0.39, 0.29) is 6.04 Å². The summed E-state index contributed by atoms with van der Waals surface area (Å²) in [7, 11) is 0. The zero-order chi connectivity index (χ0) is 11.5. The molecule has 1 heterocycles. The first kappa shape index (κ1) is 11.9. The van der Waals surface area contributed by atoms with Gasteiger partial charge in [0.15, 0.2) is 0 Å². The zero-order valence-electron chi connectivity index (χ0n) is 9.14. The van der Waals surface area contributed by atoms with E-state index in [1.165, 1.54) is 0 Å². The third-order valence-corrected chi connectivity index (χ3v) is 3.34. The molecule has 1 atom stereocenters. The van der Waals surface area contributed by atoms with Crippen LogP contribution in [0.25, 0.3) is 0 Å². The van der Waals surface area contributed by atoms with Crippen LogP contribution in [0.15, 0.2) is 24.3 Å². The Morgan fingerprint density at radius 1 is 1.25 bits per heavy atom. The maximum absolute atomic E-state index is 10.2. The van der Waals surface area contributed by atoms with Crippen LogP contribution in [0.5, 0.6) is 0 Å². The van der Waals surface area contributed by atoms with E-state index < -0.39 is 6.23 Å². The van der Waals surface area contributed by atoms with Crippen molar-refractivity contribution < 1.29 is 5.11 Å².